The summed E-state index contributed by atoms with van der Waals surface area (Å²) < 4.78 is 6.94. The van der Waals surface area contributed by atoms with Gasteiger partial charge in [0.2, 0.25) is 11.8 Å². The Bertz CT molecular complexity index is 989. The number of carbonyl (C=O) groups is 2. The third-order valence-electron chi connectivity index (χ3n) is 3.94. The number of benzene rings is 1. The Morgan fingerprint density at radius 1 is 1.28 bits per heavy atom. The lowest BCUT2D eigenvalue weighted by molar-refractivity contribution is -0.116. The average molecular weight is 433 g/mol. The molecule has 0 aliphatic carbocycles. The summed E-state index contributed by atoms with van der Waals surface area (Å²) in [7, 11) is 3.31. The van der Waals surface area contributed by atoms with Crippen LogP contribution in [0, 0.1) is 0 Å². The molecule has 0 unspecified atom stereocenters. The van der Waals surface area contributed by atoms with Crippen LogP contribution in [0.5, 0.6) is 5.75 Å². The smallest absolute Gasteiger partial charge is 0.239 e. The molecule has 0 fully saturated rings. The number of ether oxygens (including phenoxy) is 1. The van der Waals surface area contributed by atoms with Crippen LogP contribution in [0.4, 0.5) is 10.8 Å². The maximum absolute atomic E-state index is 12.4. The molecular weight excluding hydrogens is 412 g/mol. The fourth-order valence-corrected chi connectivity index (χ4v) is 3.76. The van der Waals surface area contributed by atoms with Gasteiger partial charge in [0.1, 0.15) is 11.6 Å². The van der Waals surface area contributed by atoms with Crippen LogP contribution in [0.2, 0.25) is 0 Å². The lowest BCUT2D eigenvalue weighted by Crippen LogP contribution is -2.22. The molecule has 1 atom stereocenters. The number of para-hydroxylation sites is 2. The predicted molar refractivity (Wildman–Crippen MR) is 112 cm³/mol. The molecule has 0 saturated carbocycles. The number of hydrogen-bond donors (Lipinski definition) is 2. The monoisotopic (exact) mass is 432 g/mol. The van der Waals surface area contributed by atoms with Crippen LogP contribution in [0.1, 0.15) is 12.7 Å². The van der Waals surface area contributed by atoms with E-state index in [2.05, 4.69) is 25.8 Å². The molecule has 11 heteroatoms. The number of anilines is 2. The highest BCUT2D eigenvalue weighted by Crippen LogP contribution is 2.25. The lowest BCUT2D eigenvalue weighted by Gasteiger charge is -2.11. The molecule has 1 aromatic carbocycles. The van der Waals surface area contributed by atoms with Crippen LogP contribution < -0.4 is 15.4 Å². The van der Waals surface area contributed by atoms with Gasteiger partial charge in [-0.3, -0.25) is 9.59 Å². The Hall–Kier alpha value is -2.92. The Balaban J connectivity index is 1.60. The fraction of sp³-hybridized carbons (Fsp3) is 0.278. The van der Waals surface area contributed by atoms with Crippen molar-refractivity contribution in [2.24, 2.45) is 7.05 Å². The summed E-state index contributed by atoms with van der Waals surface area (Å²) in [5.41, 5.74) is 0.587. The minimum atomic E-state index is -0.406. The van der Waals surface area contributed by atoms with Gasteiger partial charge >= 0.3 is 0 Å². The van der Waals surface area contributed by atoms with Gasteiger partial charge in [-0.1, -0.05) is 23.9 Å². The number of nitrogens with one attached hydrogen (secondary N) is 2. The maximum atomic E-state index is 12.4. The summed E-state index contributed by atoms with van der Waals surface area (Å²) in [6.07, 6.45) is 1.67. The van der Waals surface area contributed by atoms with Crippen LogP contribution in [-0.4, -0.2) is 43.9 Å². The standard InChI is InChI=1S/C18H20N6O3S2/c1-11(16(26)21-17-19-8-9-28-17)29-18-23-22-14(24(18)2)10-15(25)20-12-6-4-5-7-13(12)27-3/h4-9,11H,10H2,1-3H3,(H,20,25)(H,19,21,26)/t11-/m1/s1. The van der Waals surface area contributed by atoms with Crippen molar-refractivity contribution in [1.29, 1.82) is 0 Å². The number of methoxy groups -OCH3 is 1. The van der Waals surface area contributed by atoms with E-state index < -0.39 is 5.25 Å². The van der Waals surface area contributed by atoms with Gasteiger partial charge in [0.15, 0.2) is 10.3 Å². The van der Waals surface area contributed by atoms with Gasteiger partial charge < -0.3 is 19.9 Å². The molecule has 2 aromatic heterocycles. The normalized spacial score (nSPS) is 11.7. The van der Waals surface area contributed by atoms with E-state index >= 15 is 0 Å². The zero-order chi connectivity index (χ0) is 20.8. The molecule has 0 bridgehead atoms. The van der Waals surface area contributed by atoms with Crippen molar-refractivity contribution in [3.63, 3.8) is 0 Å². The summed E-state index contributed by atoms with van der Waals surface area (Å²) in [6.45, 7) is 1.77. The van der Waals surface area contributed by atoms with Gasteiger partial charge in [-0.25, -0.2) is 4.98 Å². The van der Waals surface area contributed by atoms with Gasteiger partial charge in [-0.15, -0.1) is 21.5 Å². The zero-order valence-electron chi connectivity index (χ0n) is 16.1. The summed E-state index contributed by atoms with van der Waals surface area (Å²) in [6, 6.07) is 7.17. The maximum Gasteiger partial charge on any atom is 0.239 e. The molecule has 2 amide bonds. The third-order valence-corrected chi connectivity index (χ3v) is 5.76. The quantitative estimate of drug-likeness (QED) is 0.526. The second kappa shape index (κ2) is 9.52. The molecule has 2 N–H and O–H groups in total. The first-order valence-electron chi connectivity index (χ1n) is 8.66. The summed E-state index contributed by atoms with van der Waals surface area (Å²) in [5, 5.41) is 16.2. The molecule has 3 rings (SSSR count). The van der Waals surface area contributed by atoms with Crippen molar-refractivity contribution >= 4 is 45.7 Å². The first-order valence-corrected chi connectivity index (χ1v) is 10.4. The highest BCUT2D eigenvalue weighted by atomic mass is 32.2. The third kappa shape index (κ3) is 5.33. The van der Waals surface area contributed by atoms with E-state index in [4.69, 9.17) is 4.74 Å². The van der Waals surface area contributed by atoms with Crippen LogP contribution in [0.25, 0.3) is 0 Å². The summed E-state index contributed by atoms with van der Waals surface area (Å²) >= 11 is 2.61. The molecule has 0 aliphatic rings. The number of nitrogens with zero attached hydrogens (tertiary/aromatic N) is 4. The second-order valence-electron chi connectivity index (χ2n) is 5.97. The number of thioether (sulfide) groups is 1. The van der Waals surface area contributed by atoms with Crippen molar-refractivity contribution < 1.29 is 14.3 Å². The topological polar surface area (TPSA) is 111 Å². The fourth-order valence-electron chi connectivity index (χ4n) is 2.39. The first-order chi connectivity index (χ1) is 14.0. The van der Waals surface area contributed by atoms with E-state index in [9.17, 15) is 9.59 Å². The number of hydrogen-bond acceptors (Lipinski definition) is 8. The molecule has 9 nitrogen and oxygen atoms in total. The van der Waals surface area contributed by atoms with E-state index in [1.54, 1.807) is 49.4 Å². The number of rotatable bonds is 8. The van der Waals surface area contributed by atoms with Gasteiger partial charge in [-0.2, -0.15) is 0 Å². The van der Waals surface area contributed by atoms with Crippen LogP contribution in [-0.2, 0) is 23.1 Å². The van der Waals surface area contributed by atoms with Gasteiger partial charge in [0, 0.05) is 18.6 Å². The van der Waals surface area contributed by atoms with Crippen molar-refractivity contribution in [3.8, 4) is 5.75 Å². The van der Waals surface area contributed by atoms with Crippen LogP contribution in [0.3, 0.4) is 0 Å². The Labute approximate surface area is 175 Å². The van der Waals surface area contributed by atoms with E-state index in [-0.39, 0.29) is 18.2 Å². The molecule has 0 saturated heterocycles. The molecule has 3 aromatic rings. The first kappa shape index (κ1) is 20.8. The molecule has 0 spiro atoms. The lowest BCUT2D eigenvalue weighted by atomic mass is 10.2. The SMILES string of the molecule is COc1ccccc1NC(=O)Cc1nnc(S[C@H](C)C(=O)Nc2nccs2)n1C. The number of aromatic nitrogens is 4. The Kier molecular flexibility index (Phi) is 6.83. The molecule has 29 heavy (non-hydrogen) atoms. The largest absolute Gasteiger partial charge is 0.495 e. The van der Waals surface area contributed by atoms with E-state index in [1.165, 1.54) is 23.1 Å². The molecule has 0 radical (unpaired) electrons. The van der Waals surface area contributed by atoms with Crippen LogP contribution >= 0.6 is 23.1 Å². The van der Waals surface area contributed by atoms with Crippen molar-refractivity contribution in [1.82, 2.24) is 19.7 Å². The Morgan fingerprint density at radius 2 is 2.07 bits per heavy atom. The zero-order valence-corrected chi connectivity index (χ0v) is 17.7. The van der Waals surface area contributed by atoms with Gasteiger partial charge in [-0.05, 0) is 19.1 Å². The van der Waals surface area contributed by atoms with E-state index in [0.29, 0.717) is 27.5 Å². The predicted octanol–water partition coefficient (Wildman–Crippen LogP) is 2.58. The molecule has 152 valence electrons. The number of amides is 2. The van der Waals surface area contributed by atoms with Crippen molar-refractivity contribution in [2.75, 3.05) is 17.7 Å². The summed E-state index contributed by atoms with van der Waals surface area (Å²) in [5.74, 6) is 0.655. The van der Waals surface area contributed by atoms with Crippen molar-refractivity contribution in [3.05, 3.63) is 41.7 Å². The average Bonchev–Trinajstić information content (AvgIpc) is 3.33. The van der Waals surface area contributed by atoms with Crippen LogP contribution in [0.15, 0.2) is 41.0 Å². The Morgan fingerprint density at radius 3 is 2.79 bits per heavy atom. The van der Waals surface area contributed by atoms with E-state index in [0.717, 1.165) is 0 Å². The molecule has 2 heterocycles. The summed E-state index contributed by atoms with van der Waals surface area (Å²) in [4.78, 5) is 28.7. The minimum absolute atomic E-state index is 0.0435. The highest BCUT2D eigenvalue weighted by molar-refractivity contribution is 8.00. The van der Waals surface area contributed by atoms with Gasteiger partial charge in [0.25, 0.3) is 0 Å². The number of carbonyl (C=O) groups excluding carboxylic acids is 2. The minimum Gasteiger partial charge on any atom is -0.495 e. The molecular formula is C18H20N6O3S2. The van der Waals surface area contributed by atoms with Crippen molar-refractivity contribution in [2.45, 2.75) is 23.8 Å². The second-order valence-corrected chi connectivity index (χ2v) is 8.17. The molecule has 0 aliphatic heterocycles. The van der Waals surface area contributed by atoms with Gasteiger partial charge in [0.05, 0.1) is 24.5 Å². The van der Waals surface area contributed by atoms with E-state index in [1.807, 2.05) is 12.1 Å². The highest BCUT2D eigenvalue weighted by Gasteiger charge is 2.20. The number of thiazole rings is 1.